The molecule has 0 unspecified atom stereocenters. The number of nitrogens with zero attached hydrogens (tertiary/aromatic N) is 6. The molecule has 1 atom stereocenters. The van der Waals surface area contributed by atoms with Crippen molar-refractivity contribution in [3.8, 4) is 6.07 Å². The van der Waals surface area contributed by atoms with Crippen molar-refractivity contribution in [3.05, 3.63) is 45.0 Å². The minimum Gasteiger partial charge on any atom is -0.444 e. The van der Waals surface area contributed by atoms with Gasteiger partial charge in [-0.15, -0.1) is 0 Å². The summed E-state index contributed by atoms with van der Waals surface area (Å²) in [5, 5.41) is 17.3. The highest BCUT2D eigenvalue weighted by Gasteiger charge is 2.23. The number of benzene rings is 1. The number of nitrogens with one attached hydrogen (secondary N) is 2. The minimum atomic E-state index is -0.654. The van der Waals surface area contributed by atoms with Gasteiger partial charge in [0, 0.05) is 13.6 Å². The molecule has 2 aromatic heterocycles. The second kappa shape index (κ2) is 10.8. The summed E-state index contributed by atoms with van der Waals surface area (Å²) in [5.74, 6) is 0.193. The number of aromatic nitrogens is 4. The van der Waals surface area contributed by atoms with Crippen LogP contribution in [-0.2, 0) is 4.74 Å². The maximum atomic E-state index is 13.6. The highest BCUT2D eigenvalue weighted by molar-refractivity contribution is 6.35. The number of hydrogen-bond donors (Lipinski definition) is 4. The molecular formula is C23H29ClN10O3. The van der Waals surface area contributed by atoms with Crippen LogP contribution in [0.15, 0.2) is 23.0 Å². The molecule has 6 N–H and O–H groups in total. The number of fused-ring (bicyclic) bond motifs is 1. The first-order valence-electron chi connectivity index (χ1n) is 11.3. The number of anilines is 3. The normalized spacial score (nSPS) is 12.0. The fraction of sp³-hybridized carbons (Fsp3) is 0.391. The first-order chi connectivity index (χ1) is 17.3. The average molecular weight is 529 g/mol. The molecule has 0 aliphatic carbocycles. The zero-order valence-corrected chi connectivity index (χ0v) is 21.9. The van der Waals surface area contributed by atoms with Crippen LogP contribution in [0.4, 0.5) is 22.4 Å². The second-order valence-electron chi connectivity index (χ2n) is 9.20. The number of carbonyl (C=O) groups is 1. The number of alkyl carbamates (subject to hydrolysis) is 1. The molecule has 0 fully saturated rings. The van der Waals surface area contributed by atoms with E-state index in [0.717, 1.165) is 0 Å². The van der Waals surface area contributed by atoms with Crippen molar-refractivity contribution >= 4 is 46.2 Å². The van der Waals surface area contributed by atoms with E-state index in [-0.39, 0.29) is 46.6 Å². The summed E-state index contributed by atoms with van der Waals surface area (Å²) in [6.07, 6.45) is -0.578. The molecule has 37 heavy (non-hydrogen) atoms. The van der Waals surface area contributed by atoms with Gasteiger partial charge in [-0.25, -0.2) is 14.5 Å². The zero-order valence-electron chi connectivity index (χ0n) is 21.2. The Morgan fingerprint density at radius 1 is 1.30 bits per heavy atom. The predicted molar refractivity (Wildman–Crippen MR) is 142 cm³/mol. The van der Waals surface area contributed by atoms with Crippen LogP contribution in [0.2, 0.25) is 5.02 Å². The SMILES string of the molecule is C[C@H](Nc1nc(N)nc(N)c1C#N)c1nc2cccc(Cl)c2c(=O)n1N(C)CCNC(=O)OC(C)(C)C. The van der Waals surface area contributed by atoms with Gasteiger partial charge < -0.3 is 31.8 Å². The lowest BCUT2D eigenvalue weighted by atomic mass is 10.2. The van der Waals surface area contributed by atoms with Crippen LogP contribution in [0, 0.1) is 11.3 Å². The van der Waals surface area contributed by atoms with Crippen molar-refractivity contribution in [2.75, 3.05) is 41.9 Å². The fourth-order valence-corrected chi connectivity index (χ4v) is 3.77. The Hall–Kier alpha value is -4.31. The smallest absolute Gasteiger partial charge is 0.407 e. The first kappa shape index (κ1) is 27.3. The minimum absolute atomic E-state index is 0.00805. The molecule has 1 aromatic carbocycles. The maximum Gasteiger partial charge on any atom is 0.407 e. The van der Waals surface area contributed by atoms with Crippen LogP contribution in [-0.4, -0.2) is 51.5 Å². The van der Waals surface area contributed by atoms with Gasteiger partial charge in [0.1, 0.15) is 23.1 Å². The second-order valence-corrected chi connectivity index (χ2v) is 9.61. The molecule has 0 spiro atoms. The molecule has 14 heteroatoms. The number of carbonyl (C=O) groups excluding carboxylic acids is 1. The molecule has 3 aromatic rings. The highest BCUT2D eigenvalue weighted by Crippen LogP contribution is 2.25. The summed E-state index contributed by atoms with van der Waals surface area (Å²) in [6, 6.07) is 6.27. The predicted octanol–water partition coefficient (Wildman–Crippen LogP) is 2.14. The molecule has 0 aliphatic heterocycles. The Kier molecular flexibility index (Phi) is 7.93. The number of nitriles is 1. The molecule has 3 rings (SSSR count). The first-order valence-corrected chi connectivity index (χ1v) is 11.7. The van der Waals surface area contributed by atoms with Crippen LogP contribution < -0.4 is 32.7 Å². The van der Waals surface area contributed by atoms with Gasteiger partial charge in [-0.05, 0) is 39.8 Å². The zero-order chi connectivity index (χ0) is 27.5. The van der Waals surface area contributed by atoms with E-state index < -0.39 is 23.3 Å². The number of nitrogen functional groups attached to an aromatic ring is 2. The van der Waals surface area contributed by atoms with E-state index in [1.807, 2.05) is 6.07 Å². The Bertz CT molecular complexity index is 1430. The Balaban J connectivity index is 2.00. The van der Waals surface area contributed by atoms with E-state index in [0.29, 0.717) is 11.3 Å². The molecule has 196 valence electrons. The summed E-state index contributed by atoms with van der Waals surface area (Å²) in [7, 11) is 1.67. The third-order valence-corrected chi connectivity index (χ3v) is 5.42. The average Bonchev–Trinajstić information content (AvgIpc) is 2.77. The van der Waals surface area contributed by atoms with Crippen molar-refractivity contribution in [3.63, 3.8) is 0 Å². The van der Waals surface area contributed by atoms with Crippen LogP contribution in [0.5, 0.6) is 0 Å². The molecule has 13 nitrogen and oxygen atoms in total. The van der Waals surface area contributed by atoms with E-state index in [9.17, 15) is 14.9 Å². The molecule has 1 amide bonds. The Morgan fingerprint density at radius 3 is 2.65 bits per heavy atom. The maximum absolute atomic E-state index is 13.6. The molecule has 0 saturated carbocycles. The van der Waals surface area contributed by atoms with Crippen molar-refractivity contribution < 1.29 is 9.53 Å². The molecule has 0 aliphatic rings. The largest absolute Gasteiger partial charge is 0.444 e. The third-order valence-electron chi connectivity index (χ3n) is 5.10. The van der Waals surface area contributed by atoms with Gasteiger partial charge in [0.15, 0.2) is 11.6 Å². The van der Waals surface area contributed by atoms with E-state index in [1.165, 1.54) is 4.68 Å². The summed E-state index contributed by atoms with van der Waals surface area (Å²) < 4.78 is 6.61. The number of ether oxygens (including phenoxy) is 1. The van der Waals surface area contributed by atoms with Crippen LogP contribution in [0.25, 0.3) is 10.9 Å². The van der Waals surface area contributed by atoms with Gasteiger partial charge >= 0.3 is 6.09 Å². The van der Waals surface area contributed by atoms with Crippen LogP contribution >= 0.6 is 11.6 Å². The van der Waals surface area contributed by atoms with E-state index >= 15 is 0 Å². The topological polar surface area (TPSA) is 190 Å². The number of likely N-dealkylation sites (N-methyl/N-ethyl adjacent to an activating group) is 1. The fourth-order valence-electron chi connectivity index (χ4n) is 3.52. The summed E-state index contributed by atoms with van der Waals surface area (Å²) in [6.45, 7) is 7.43. The number of halogens is 1. The summed E-state index contributed by atoms with van der Waals surface area (Å²) in [5.41, 5.74) is 10.9. The molecular weight excluding hydrogens is 500 g/mol. The quantitative estimate of drug-likeness (QED) is 0.351. The van der Waals surface area contributed by atoms with Gasteiger partial charge in [0.05, 0.1) is 28.5 Å². The van der Waals surface area contributed by atoms with E-state index in [4.69, 9.17) is 27.8 Å². The Labute approximate surface area is 218 Å². The van der Waals surface area contributed by atoms with Gasteiger partial charge in [-0.3, -0.25) is 4.79 Å². The van der Waals surface area contributed by atoms with Gasteiger partial charge in [0.25, 0.3) is 5.56 Å². The van der Waals surface area contributed by atoms with Gasteiger partial charge in [-0.2, -0.15) is 15.2 Å². The van der Waals surface area contributed by atoms with Crippen LogP contribution in [0.1, 0.15) is 45.1 Å². The number of hydrogen-bond acceptors (Lipinski definition) is 11. The van der Waals surface area contributed by atoms with Gasteiger partial charge in [0.2, 0.25) is 5.95 Å². The van der Waals surface area contributed by atoms with E-state index in [1.54, 1.807) is 58.0 Å². The van der Waals surface area contributed by atoms with Crippen LogP contribution in [0.3, 0.4) is 0 Å². The van der Waals surface area contributed by atoms with Crippen molar-refractivity contribution in [2.45, 2.75) is 39.3 Å². The number of nitrogens with two attached hydrogens (primary N) is 2. The van der Waals surface area contributed by atoms with Gasteiger partial charge in [-0.1, -0.05) is 17.7 Å². The lowest BCUT2D eigenvalue weighted by Crippen LogP contribution is -2.47. The third kappa shape index (κ3) is 6.28. The molecule has 0 saturated heterocycles. The Morgan fingerprint density at radius 2 is 2.00 bits per heavy atom. The molecule has 0 radical (unpaired) electrons. The van der Waals surface area contributed by atoms with E-state index in [2.05, 4.69) is 25.6 Å². The van der Waals surface area contributed by atoms with Crippen molar-refractivity contribution in [1.82, 2.24) is 24.9 Å². The summed E-state index contributed by atoms with van der Waals surface area (Å²) >= 11 is 6.34. The monoisotopic (exact) mass is 528 g/mol. The van der Waals surface area contributed by atoms with Crippen molar-refractivity contribution in [2.24, 2.45) is 0 Å². The number of rotatable bonds is 7. The lowest BCUT2D eigenvalue weighted by Gasteiger charge is -2.28. The standard InChI is InChI=1S/C23H29ClN10O3/c1-12(29-18-13(11-25)17(26)31-21(27)32-18)19-30-15-8-6-7-14(24)16(15)20(35)34(19)33(5)10-9-28-22(36)37-23(2,3)4/h6-8,12H,9-10H2,1-5H3,(H,28,36)(H5,26,27,29,31,32)/t12-/m0/s1. The molecule has 2 heterocycles. The summed E-state index contributed by atoms with van der Waals surface area (Å²) in [4.78, 5) is 38.2. The number of amides is 1. The molecule has 0 bridgehead atoms. The highest BCUT2D eigenvalue weighted by atomic mass is 35.5. The van der Waals surface area contributed by atoms with Crippen molar-refractivity contribution in [1.29, 1.82) is 5.26 Å². The lowest BCUT2D eigenvalue weighted by molar-refractivity contribution is 0.0529.